The maximum atomic E-state index is 13.2. The highest BCUT2D eigenvalue weighted by Gasteiger charge is 2.37. The second-order valence-corrected chi connectivity index (χ2v) is 10.3. The molecule has 2 aliphatic heterocycles. The zero-order valence-corrected chi connectivity index (χ0v) is 20.0. The van der Waals surface area contributed by atoms with E-state index in [0.29, 0.717) is 11.8 Å². The summed E-state index contributed by atoms with van der Waals surface area (Å²) in [7, 11) is 0. The number of aromatic nitrogens is 5. The van der Waals surface area contributed by atoms with Gasteiger partial charge in [0, 0.05) is 56.3 Å². The topological polar surface area (TPSA) is 85.9 Å². The van der Waals surface area contributed by atoms with Crippen molar-refractivity contribution in [2.24, 2.45) is 5.41 Å². The van der Waals surface area contributed by atoms with Gasteiger partial charge < -0.3 is 15.2 Å². The summed E-state index contributed by atoms with van der Waals surface area (Å²) in [4.78, 5) is 25.6. The fourth-order valence-corrected chi connectivity index (χ4v) is 4.81. The van der Waals surface area contributed by atoms with Gasteiger partial charge in [-0.15, -0.1) is 0 Å². The summed E-state index contributed by atoms with van der Waals surface area (Å²) in [5.41, 5.74) is 1.39. The van der Waals surface area contributed by atoms with Crippen molar-refractivity contribution in [2.75, 3.05) is 36.4 Å². The first-order chi connectivity index (χ1) is 16.5. The molecular formula is C24H29F3N8. The lowest BCUT2D eigenvalue weighted by Crippen LogP contribution is -2.53. The summed E-state index contributed by atoms with van der Waals surface area (Å²) < 4.78 is 39.5. The molecule has 2 aliphatic rings. The van der Waals surface area contributed by atoms with Crippen LogP contribution in [-0.4, -0.2) is 56.0 Å². The molecule has 3 aromatic heterocycles. The van der Waals surface area contributed by atoms with Gasteiger partial charge >= 0.3 is 6.18 Å². The molecule has 5 rings (SSSR count). The summed E-state index contributed by atoms with van der Waals surface area (Å²) in [6.07, 6.45) is -0.485. The summed E-state index contributed by atoms with van der Waals surface area (Å²) in [6.45, 7) is 10.5. The van der Waals surface area contributed by atoms with Gasteiger partial charge in [0.25, 0.3) is 0 Å². The molecule has 0 aromatic carbocycles. The highest BCUT2D eigenvalue weighted by Crippen LogP contribution is 2.35. The molecule has 2 saturated heterocycles. The maximum absolute atomic E-state index is 13.2. The molecule has 0 bridgehead atoms. The molecule has 8 nitrogen and oxygen atoms in total. The van der Waals surface area contributed by atoms with Crippen LogP contribution < -0.4 is 10.2 Å². The monoisotopic (exact) mass is 486 g/mol. The molecule has 186 valence electrons. The van der Waals surface area contributed by atoms with E-state index in [9.17, 15) is 13.2 Å². The zero-order chi connectivity index (χ0) is 24.8. The molecule has 0 aliphatic carbocycles. The molecule has 2 N–H and O–H groups in total. The molecule has 0 amide bonds. The minimum Gasteiger partial charge on any atom is -0.345 e. The van der Waals surface area contributed by atoms with Crippen LogP contribution in [-0.2, 0) is 12.7 Å². The van der Waals surface area contributed by atoms with Crippen LogP contribution in [0.1, 0.15) is 49.0 Å². The largest absolute Gasteiger partial charge is 0.416 e. The van der Waals surface area contributed by atoms with E-state index >= 15 is 0 Å². The van der Waals surface area contributed by atoms with Crippen molar-refractivity contribution in [3.63, 3.8) is 0 Å². The first kappa shape index (κ1) is 23.5. The zero-order valence-electron chi connectivity index (χ0n) is 20.0. The van der Waals surface area contributed by atoms with Gasteiger partial charge in [-0.25, -0.2) is 15.0 Å². The second kappa shape index (κ2) is 8.78. The first-order valence-electron chi connectivity index (χ1n) is 11.7. The molecule has 0 spiro atoms. The SMILES string of the molecule is Cc1ncc(CN2CCC(c3cc(Nc4cc(C(F)(F)F)ccn4)nc(N4CC(C)(C)C4)n3)C2)[nH]1. The van der Waals surface area contributed by atoms with Crippen molar-refractivity contribution in [1.82, 2.24) is 29.8 Å². The van der Waals surface area contributed by atoms with Gasteiger partial charge in [-0.05, 0) is 37.4 Å². The van der Waals surface area contributed by atoms with Crippen molar-refractivity contribution in [3.05, 3.63) is 53.4 Å². The van der Waals surface area contributed by atoms with Crippen molar-refractivity contribution < 1.29 is 13.2 Å². The molecule has 3 aromatic rings. The number of rotatable bonds is 6. The van der Waals surface area contributed by atoms with E-state index in [2.05, 4.69) is 48.9 Å². The van der Waals surface area contributed by atoms with Crippen LogP contribution in [0.25, 0.3) is 0 Å². The molecule has 1 unspecified atom stereocenters. The first-order valence-corrected chi connectivity index (χ1v) is 11.7. The highest BCUT2D eigenvalue weighted by atomic mass is 19.4. The number of likely N-dealkylation sites (tertiary alicyclic amines) is 1. The number of hydrogen-bond acceptors (Lipinski definition) is 7. The van der Waals surface area contributed by atoms with Gasteiger partial charge in [-0.3, -0.25) is 4.90 Å². The quantitative estimate of drug-likeness (QED) is 0.531. The Balaban J connectivity index is 1.38. The number of imidazole rings is 1. The number of alkyl halides is 3. The molecule has 0 saturated carbocycles. The van der Waals surface area contributed by atoms with Gasteiger partial charge in [-0.1, -0.05) is 13.8 Å². The summed E-state index contributed by atoms with van der Waals surface area (Å²) in [5, 5.41) is 2.98. The predicted octanol–water partition coefficient (Wildman–Crippen LogP) is 4.50. The Bertz CT molecular complexity index is 1200. The minimum atomic E-state index is -4.44. The Morgan fingerprint density at radius 1 is 1.14 bits per heavy atom. The smallest absolute Gasteiger partial charge is 0.345 e. The Morgan fingerprint density at radius 3 is 2.63 bits per heavy atom. The van der Waals surface area contributed by atoms with Gasteiger partial charge in [-0.2, -0.15) is 18.2 Å². The van der Waals surface area contributed by atoms with E-state index < -0.39 is 11.7 Å². The Kier molecular flexibility index (Phi) is 5.90. The fourth-order valence-electron chi connectivity index (χ4n) is 4.81. The average Bonchev–Trinajstić information content (AvgIpc) is 3.40. The van der Waals surface area contributed by atoms with E-state index in [4.69, 9.17) is 4.98 Å². The lowest BCUT2D eigenvalue weighted by atomic mass is 9.85. The Hall–Kier alpha value is -3.21. The van der Waals surface area contributed by atoms with Crippen molar-refractivity contribution in [3.8, 4) is 0 Å². The fraction of sp³-hybridized carbons (Fsp3) is 0.500. The van der Waals surface area contributed by atoms with Crippen LogP contribution in [0.5, 0.6) is 0 Å². The maximum Gasteiger partial charge on any atom is 0.416 e. The lowest BCUT2D eigenvalue weighted by Gasteiger charge is -2.45. The summed E-state index contributed by atoms with van der Waals surface area (Å²) in [5.74, 6) is 2.24. The minimum absolute atomic E-state index is 0.0991. The predicted molar refractivity (Wildman–Crippen MR) is 127 cm³/mol. The van der Waals surface area contributed by atoms with Crippen LogP contribution in [0.4, 0.5) is 30.8 Å². The van der Waals surface area contributed by atoms with Crippen LogP contribution in [0, 0.1) is 12.3 Å². The highest BCUT2D eigenvalue weighted by molar-refractivity contribution is 5.56. The third-order valence-corrected chi connectivity index (χ3v) is 6.44. The molecule has 0 radical (unpaired) electrons. The van der Waals surface area contributed by atoms with Crippen molar-refractivity contribution in [1.29, 1.82) is 0 Å². The van der Waals surface area contributed by atoms with Gasteiger partial charge in [0.05, 0.1) is 11.3 Å². The van der Waals surface area contributed by atoms with Crippen LogP contribution in [0.2, 0.25) is 0 Å². The lowest BCUT2D eigenvalue weighted by molar-refractivity contribution is -0.137. The van der Waals surface area contributed by atoms with E-state index in [-0.39, 0.29) is 17.2 Å². The van der Waals surface area contributed by atoms with Gasteiger partial charge in [0.15, 0.2) is 0 Å². The van der Waals surface area contributed by atoms with Gasteiger partial charge in [0.2, 0.25) is 5.95 Å². The van der Waals surface area contributed by atoms with Crippen LogP contribution in [0.3, 0.4) is 0 Å². The summed E-state index contributed by atoms with van der Waals surface area (Å²) >= 11 is 0. The molecule has 2 fully saturated rings. The Labute approximate surface area is 202 Å². The third kappa shape index (κ3) is 5.39. The normalized spacial score (nSPS) is 20.2. The van der Waals surface area contributed by atoms with Crippen molar-refractivity contribution >= 4 is 17.6 Å². The van der Waals surface area contributed by atoms with E-state index in [1.54, 1.807) is 0 Å². The van der Waals surface area contributed by atoms with E-state index in [1.807, 2.05) is 19.2 Å². The van der Waals surface area contributed by atoms with Crippen LogP contribution in [0.15, 0.2) is 30.6 Å². The molecule has 5 heterocycles. The number of nitrogens with zero attached hydrogens (tertiary/aromatic N) is 6. The second-order valence-electron chi connectivity index (χ2n) is 10.3. The standard InChI is InChI=1S/C24H29F3N8/c1-15-29-10-18(30-15)12-34-7-5-16(11-34)19-9-21(33-22(31-19)35-13-23(2,3)14-35)32-20-8-17(4-6-28-20)24(25,26)27/h4,6,8-10,16H,5,7,11-14H2,1-3H3,(H,29,30)(H,28,31,32,33). The third-order valence-electron chi connectivity index (χ3n) is 6.44. The number of pyridine rings is 1. The number of anilines is 3. The number of H-pyrrole nitrogens is 1. The van der Waals surface area contributed by atoms with Gasteiger partial charge in [0.1, 0.15) is 17.5 Å². The number of nitrogens with one attached hydrogen (secondary N) is 2. The number of hydrogen-bond donors (Lipinski definition) is 2. The number of aryl methyl sites for hydroxylation is 1. The molecule has 11 heteroatoms. The van der Waals surface area contributed by atoms with E-state index in [0.717, 1.165) is 74.7 Å². The summed E-state index contributed by atoms with van der Waals surface area (Å²) in [6, 6.07) is 3.79. The molecule has 35 heavy (non-hydrogen) atoms. The number of halogens is 3. The Morgan fingerprint density at radius 2 is 1.94 bits per heavy atom. The average molecular weight is 487 g/mol. The van der Waals surface area contributed by atoms with E-state index in [1.165, 1.54) is 0 Å². The molecule has 1 atom stereocenters. The van der Waals surface area contributed by atoms with Crippen molar-refractivity contribution in [2.45, 2.75) is 45.8 Å². The molecular weight excluding hydrogens is 457 g/mol. The van der Waals surface area contributed by atoms with Crippen LogP contribution >= 0.6 is 0 Å². The number of aromatic amines is 1.